The Morgan fingerprint density at radius 3 is 2.38 bits per heavy atom. The number of ether oxygens (including phenoxy) is 2. The van der Waals surface area contributed by atoms with Crippen molar-refractivity contribution < 1.29 is 29.9 Å². The largest absolute Gasteiger partial charge is 0.394 e. The summed E-state index contributed by atoms with van der Waals surface area (Å²) in [5.41, 5.74) is 0. The topological polar surface area (TPSA) is 99.4 Å². The van der Waals surface area contributed by atoms with E-state index in [1.54, 1.807) is 0 Å². The van der Waals surface area contributed by atoms with E-state index in [0.29, 0.717) is 0 Å². The summed E-state index contributed by atoms with van der Waals surface area (Å²) >= 11 is 0. The Kier molecular flexibility index (Phi) is 3.60. The molecule has 0 unspecified atom stereocenters. The summed E-state index contributed by atoms with van der Waals surface area (Å²) in [7, 11) is 1.30. The summed E-state index contributed by atoms with van der Waals surface area (Å²) < 4.78 is 9.65. The average Bonchev–Trinajstić information content (AvgIpc) is 2.15. The van der Waals surface area contributed by atoms with Crippen molar-refractivity contribution in [3.05, 3.63) is 0 Å². The van der Waals surface area contributed by atoms with Crippen molar-refractivity contribution in [2.45, 2.75) is 30.7 Å². The third kappa shape index (κ3) is 1.98. The van der Waals surface area contributed by atoms with Gasteiger partial charge in [0.05, 0.1) is 6.61 Å². The highest BCUT2D eigenvalue weighted by Crippen LogP contribution is 2.20. The molecule has 1 heterocycles. The lowest BCUT2D eigenvalue weighted by molar-refractivity contribution is -0.294. The molecule has 0 aromatic rings. The van der Waals surface area contributed by atoms with Gasteiger partial charge < -0.3 is 29.9 Å². The van der Waals surface area contributed by atoms with Gasteiger partial charge in [0.25, 0.3) is 0 Å². The van der Waals surface area contributed by atoms with Gasteiger partial charge in [0, 0.05) is 7.11 Å². The van der Waals surface area contributed by atoms with Crippen LogP contribution in [0.5, 0.6) is 0 Å². The van der Waals surface area contributed by atoms with Crippen LogP contribution >= 0.6 is 0 Å². The number of methoxy groups -OCH3 is 1. The van der Waals surface area contributed by atoms with E-state index in [-0.39, 0.29) is 0 Å². The second-order valence-electron chi connectivity index (χ2n) is 2.93. The highest BCUT2D eigenvalue weighted by atomic mass is 16.8. The molecule has 0 radical (unpaired) electrons. The fourth-order valence-corrected chi connectivity index (χ4v) is 1.26. The van der Waals surface area contributed by atoms with Crippen molar-refractivity contribution in [2.75, 3.05) is 13.7 Å². The van der Waals surface area contributed by atoms with Crippen molar-refractivity contribution in [3.63, 3.8) is 0 Å². The second kappa shape index (κ2) is 4.32. The number of aliphatic hydroxyl groups is 4. The van der Waals surface area contributed by atoms with Crippen molar-refractivity contribution >= 4 is 0 Å². The summed E-state index contributed by atoms with van der Waals surface area (Å²) in [5.74, 6) is 0. The molecule has 0 aromatic heterocycles. The summed E-state index contributed by atoms with van der Waals surface area (Å²) in [4.78, 5) is 0. The predicted molar refractivity (Wildman–Crippen MR) is 40.8 cm³/mol. The first kappa shape index (κ1) is 10.8. The molecule has 0 aliphatic carbocycles. The van der Waals surface area contributed by atoms with Gasteiger partial charge in [-0.25, -0.2) is 0 Å². The molecule has 6 heteroatoms. The zero-order valence-electron chi connectivity index (χ0n) is 7.20. The number of aliphatic hydroxyl groups excluding tert-OH is 4. The number of hydrogen-bond donors (Lipinski definition) is 4. The maximum atomic E-state index is 9.28. The van der Waals surface area contributed by atoms with Gasteiger partial charge in [-0.2, -0.15) is 0 Å². The maximum absolute atomic E-state index is 9.28. The molecule has 4 N–H and O–H groups in total. The molecule has 5 atom stereocenters. The van der Waals surface area contributed by atoms with E-state index in [9.17, 15) is 15.3 Å². The molecule has 0 bridgehead atoms. The third-order valence-electron chi connectivity index (χ3n) is 2.08. The first-order chi connectivity index (χ1) is 6.11. The third-order valence-corrected chi connectivity index (χ3v) is 2.08. The van der Waals surface area contributed by atoms with Crippen LogP contribution in [0.15, 0.2) is 0 Å². The minimum absolute atomic E-state index is 0.440. The van der Waals surface area contributed by atoms with Crippen LogP contribution in [0.25, 0.3) is 0 Å². The van der Waals surface area contributed by atoms with Crippen LogP contribution in [0.3, 0.4) is 0 Å². The Bertz CT molecular complexity index is 143. The van der Waals surface area contributed by atoms with Crippen LogP contribution in [0.1, 0.15) is 0 Å². The van der Waals surface area contributed by atoms with E-state index in [1.807, 2.05) is 0 Å². The van der Waals surface area contributed by atoms with Crippen LogP contribution < -0.4 is 0 Å². The minimum Gasteiger partial charge on any atom is -0.394 e. The van der Waals surface area contributed by atoms with Crippen LogP contribution in [0, 0.1) is 0 Å². The van der Waals surface area contributed by atoms with Gasteiger partial charge in [-0.3, -0.25) is 0 Å². The van der Waals surface area contributed by atoms with Gasteiger partial charge in [0.1, 0.15) is 24.4 Å². The van der Waals surface area contributed by atoms with Gasteiger partial charge in [0.2, 0.25) is 0 Å². The molecule has 0 aromatic carbocycles. The van der Waals surface area contributed by atoms with Gasteiger partial charge >= 0.3 is 0 Å². The maximum Gasteiger partial charge on any atom is 0.186 e. The Hall–Kier alpha value is -0.240. The Morgan fingerprint density at radius 1 is 1.31 bits per heavy atom. The fourth-order valence-electron chi connectivity index (χ4n) is 1.26. The van der Waals surface area contributed by atoms with Crippen molar-refractivity contribution in [1.29, 1.82) is 0 Å². The predicted octanol–water partition coefficient (Wildman–Crippen LogP) is -2.57. The standard InChI is InChI=1S/C7H14O6/c1-12-7-6(11)5(10)4(9)3(2-8)13-7/h3-11H,2H2,1H3/t3-,4-,5+,6-,7+/m1/s1/i3+2. The Balaban J connectivity index is 2.66. The highest BCUT2D eigenvalue weighted by Gasteiger charge is 2.43. The van der Waals surface area contributed by atoms with Crippen LogP contribution in [0.2, 0.25) is 0 Å². The average molecular weight is 196 g/mol. The molecule has 1 fully saturated rings. The molecule has 1 rings (SSSR count). The normalized spacial score (nSPS) is 46.4. The highest BCUT2D eigenvalue weighted by molar-refractivity contribution is 4.88. The van der Waals surface area contributed by atoms with E-state index < -0.39 is 37.3 Å². The van der Waals surface area contributed by atoms with Gasteiger partial charge in [-0.1, -0.05) is 0 Å². The Labute approximate surface area is 75.3 Å². The van der Waals surface area contributed by atoms with Gasteiger partial charge in [-0.15, -0.1) is 0 Å². The first-order valence-electron chi connectivity index (χ1n) is 3.95. The molecular formula is C7H14O6. The molecule has 13 heavy (non-hydrogen) atoms. The lowest BCUT2D eigenvalue weighted by atomic mass is 10.1. The number of rotatable bonds is 2. The van der Waals surface area contributed by atoms with Crippen molar-refractivity contribution in [3.8, 4) is 0 Å². The molecule has 0 saturated carbocycles. The van der Waals surface area contributed by atoms with E-state index in [1.165, 1.54) is 7.11 Å². The first-order valence-corrected chi connectivity index (χ1v) is 3.95. The van der Waals surface area contributed by atoms with Crippen molar-refractivity contribution in [1.82, 2.24) is 0 Å². The zero-order chi connectivity index (χ0) is 10.0. The quantitative estimate of drug-likeness (QED) is 0.387. The van der Waals surface area contributed by atoms with Gasteiger partial charge in [0.15, 0.2) is 6.29 Å². The molecule has 0 amide bonds. The number of hydrogen-bond acceptors (Lipinski definition) is 6. The SMILES string of the molecule is CO[C@H]1O[14C@H](CO)[C@@H](O)[C@H](O)[C@H]1O. The molecule has 1 saturated heterocycles. The minimum atomic E-state index is -1.36. The second-order valence-corrected chi connectivity index (χ2v) is 2.93. The van der Waals surface area contributed by atoms with E-state index in [0.717, 1.165) is 0 Å². The van der Waals surface area contributed by atoms with Crippen LogP contribution in [-0.2, 0) is 9.47 Å². The summed E-state index contributed by atoms with van der Waals surface area (Å²) in [6, 6.07) is 0. The lowest BCUT2D eigenvalue weighted by Gasteiger charge is -2.38. The summed E-state index contributed by atoms with van der Waals surface area (Å²) in [6.07, 6.45) is -5.91. The molecule has 78 valence electrons. The molecule has 1 aliphatic rings. The molecule has 0 spiro atoms. The smallest absolute Gasteiger partial charge is 0.186 e. The van der Waals surface area contributed by atoms with Crippen LogP contribution in [0.4, 0.5) is 0 Å². The van der Waals surface area contributed by atoms with E-state index in [4.69, 9.17) is 14.6 Å². The van der Waals surface area contributed by atoms with Crippen LogP contribution in [-0.4, -0.2) is 64.8 Å². The monoisotopic (exact) mass is 196 g/mol. The summed E-state index contributed by atoms with van der Waals surface area (Å²) in [6.45, 7) is -0.440. The zero-order valence-corrected chi connectivity index (χ0v) is 7.20. The Morgan fingerprint density at radius 2 is 1.92 bits per heavy atom. The van der Waals surface area contributed by atoms with Crippen molar-refractivity contribution in [2.24, 2.45) is 0 Å². The molecule has 1 aliphatic heterocycles. The van der Waals surface area contributed by atoms with E-state index in [2.05, 4.69) is 0 Å². The summed E-state index contributed by atoms with van der Waals surface area (Å²) in [5, 5.41) is 36.6. The van der Waals surface area contributed by atoms with E-state index >= 15 is 0 Å². The molecule has 6 nitrogen and oxygen atoms in total. The fraction of sp³-hybridized carbons (Fsp3) is 1.00. The lowest BCUT2D eigenvalue weighted by Crippen LogP contribution is -2.58. The van der Waals surface area contributed by atoms with Gasteiger partial charge in [-0.05, 0) is 0 Å². The molecular weight excluding hydrogens is 182 g/mol.